The van der Waals surface area contributed by atoms with Crippen LogP contribution in [0, 0.1) is 0 Å². The Morgan fingerprint density at radius 1 is 1.04 bits per heavy atom. The highest BCUT2D eigenvalue weighted by atomic mass is 16.6. The van der Waals surface area contributed by atoms with Gasteiger partial charge in [0, 0.05) is 32.3 Å². The minimum absolute atomic E-state index is 0.166. The van der Waals surface area contributed by atoms with Gasteiger partial charge in [0.05, 0.1) is 0 Å². The first kappa shape index (κ1) is 20.4. The number of carbonyl (C=O) groups excluding carboxylic acids is 3. The molecule has 3 amide bonds. The second kappa shape index (κ2) is 10.3. The molecule has 0 radical (unpaired) electrons. The average Bonchev–Trinajstić information content (AvgIpc) is 2.53. The number of nitrogens with zero attached hydrogens (tertiary/aromatic N) is 1. The first-order valence-electron chi connectivity index (χ1n) is 8.21. The van der Waals surface area contributed by atoms with E-state index >= 15 is 0 Å². The highest BCUT2D eigenvalue weighted by Gasteiger charge is 2.15. The molecule has 0 fully saturated rings. The van der Waals surface area contributed by atoms with Gasteiger partial charge in [-0.3, -0.25) is 14.6 Å². The molecule has 0 unspecified atom stereocenters. The minimum atomic E-state index is -0.563. The van der Waals surface area contributed by atoms with Gasteiger partial charge in [-0.2, -0.15) is 0 Å². The Labute approximate surface area is 147 Å². The molecule has 25 heavy (non-hydrogen) atoms. The van der Waals surface area contributed by atoms with Gasteiger partial charge in [-0.25, -0.2) is 4.79 Å². The van der Waals surface area contributed by atoms with Crippen LogP contribution in [0.5, 0.6) is 0 Å². The number of hydrogen-bond acceptors (Lipinski definition) is 5. The Bertz CT molecular complexity index is 570. The molecule has 0 saturated carbocycles. The summed E-state index contributed by atoms with van der Waals surface area (Å²) in [5, 5.41) is 7.97. The van der Waals surface area contributed by atoms with Crippen molar-refractivity contribution in [2.75, 3.05) is 19.6 Å². The van der Waals surface area contributed by atoms with Crippen LogP contribution in [-0.4, -0.2) is 48.1 Å². The third kappa shape index (κ3) is 9.95. The first-order chi connectivity index (χ1) is 11.8. The number of amides is 3. The van der Waals surface area contributed by atoms with Gasteiger partial charge in [0.1, 0.15) is 11.3 Å². The van der Waals surface area contributed by atoms with Gasteiger partial charge < -0.3 is 20.7 Å². The van der Waals surface area contributed by atoms with E-state index in [0.717, 1.165) is 0 Å². The number of carbonyl (C=O) groups is 3. The van der Waals surface area contributed by atoms with E-state index in [0.29, 0.717) is 25.2 Å². The number of ether oxygens (including phenoxy) is 1. The lowest BCUT2D eigenvalue weighted by molar-refractivity contribution is -0.120. The summed E-state index contributed by atoms with van der Waals surface area (Å²) in [6.07, 6.45) is 1.78. The molecule has 0 aliphatic heterocycles. The molecule has 3 N–H and O–H groups in total. The van der Waals surface area contributed by atoms with Crippen molar-refractivity contribution in [1.29, 1.82) is 0 Å². The number of rotatable bonds is 8. The molecule has 8 nitrogen and oxygen atoms in total. The van der Waals surface area contributed by atoms with Crippen LogP contribution < -0.4 is 16.0 Å². The molecule has 1 aromatic heterocycles. The molecule has 0 saturated heterocycles. The van der Waals surface area contributed by atoms with E-state index in [1.165, 1.54) is 0 Å². The third-order valence-corrected chi connectivity index (χ3v) is 2.88. The summed E-state index contributed by atoms with van der Waals surface area (Å²) < 4.78 is 5.06. The smallest absolute Gasteiger partial charge is 0.407 e. The zero-order valence-corrected chi connectivity index (χ0v) is 14.9. The predicted molar refractivity (Wildman–Crippen MR) is 93.1 cm³/mol. The summed E-state index contributed by atoms with van der Waals surface area (Å²) >= 11 is 0. The molecule has 1 aromatic rings. The summed E-state index contributed by atoms with van der Waals surface area (Å²) in [6.45, 7) is 6.39. The number of aromatic nitrogens is 1. The fraction of sp³-hybridized carbons (Fsp3) is 0.529. The van der Waals surface area contributed by atoms with Gasteiger partial charge in [0.15, 0.2) is 0 Å². The largest absolute Gasteiger partial charge is 0.444 e. The minimum Gasteiger partial charge on any atom is -0.444 e. The quantitative estimate of drug-likeness (QED) is 0.611. The fourth-order valence-corrected chi connectivity index (χ4v) is 1.79. The van der Waals surface area contributed by atoms with Crippen molar-refractivity contribution in [2.24, 2.45) is 0 Å². The van der Waals surface area contributed by atoms with Crippen LogP contribution in [0.1, 0.15) is 44.1 Å². The van der Waals surface area contributed by atoms with Crippen molar-refractivity contribution in [2.45, 2.75) is 39.2 Å². The fourth-order valence-electron chi connectivity index (χ4n) is 1.79. The molecule has 0 bridgehead atoms. The van der Waals surface area contributed by atoms with E-state index in [-0.39, 0.29) is 24.8 Å². The summed E-state index contributed by atoms with van der Waals surface area (Å²) in [5.74, 6) is -0.416. The van der Waals surface area contributed by atoms with Gasteiger partial charge in [-0.1, -0.05) is 6.07 Å². The first-order valence-corrected chi connectivity index (χ1v) is 8.21. The van der Waals surface area contributed by atoms with Crippen molar-refractivity contribution >= 4 is 17.9 Å². The Balaban J connectivity index is 2.05. The molecule has 138 valence electrons. The molecule has 0 aliphatic rings. The number of pyridine rings is 1. The van der Waals surface area contributed by atoms with Gasteiger partial charge in [0.25, 0.3) is 5.91 Å². The maximum Gasteiger partial charge on any atom is 0.407 e. The van der Waals surface area contributed by atoms with Crippen LogP contribution in [0.4, 0.5) is 4.79 Å². The predicted octanol–water partition coefficient (Wildman–Crippen LogP) is 1.23. The molecule has 0 spiro atoms. The van der Waals surface area contributed by atoms with Gasteiger partial charge in [-0.05, 0) is 39.3 Å². The van der Waals surface area contributed by atoms with E-state index in [4.69, 9.17) is 4.74 Å². The number of nitrogens with one attached hydrogen (secondary N) is 3. The SMILES string of the molecule is CC(C)(C)OC(=O)NCCC(=O)NCCCNC(=O)c1ccccn1. The average molecular weight is 350 g/mol. The van der Waals surface area contributed by atoms with Gasteiger partial charge in [-0.15, -0.1) is 0 Å². The van der Waals surface area contributed by atoms with Gasteiger partial charge >= 0.3 is 6.09 Å². The highest BCUT2D eigenvalue weighted by Crippen LogP contribution is 2.06. The molecule has 1 heterocycles. The molecular formula is C17H26N4O4. The molecule has 8 heteroatoms. The lowest BCUT2D eigenvalue weighted by atomic mass is 10.2. The Hall–Kier alpha value is -2.64. The maximum atomic E-state index is 11.7. The summed E-state index contributed by atoms with van der Waals surface area (Å²) in [7, 11) is 0. The van der Waals surface area contributed by atoms with Crippen LogP contribution >= 0.6 is 0 Å². The lowest BCUT2D eigenvalue weighted by Gasteiger charge is -2.19. The van der Waals surface area contributed by atoms with Crippen LogP contribution in [-0.2, 0) is 9.53 Å². The van der Waals surface area contributed by atoms with Crippen molar-refractivity contribution in [3.63, 3.8) is 0 Å². The molecule has 0 atom stereocenters. The Morgan fingerprint density at radius 2 is 1.76 bits per heavy atom. The summed E-state index contributed by atoms with van der Waals surface area (Å²) in [5.41, 5.74) is -0.203. The van der Waals surface area contributed by atoms with Crippen LogP contribution in [0.15, 0.2) is 24.4 Å². The van der Waals surface area contributed by atoms with Crippen LogP contribution in [0.3, 0.4) is 0 Å². The van der Waals surface area contributed by atoms with E-state index in [1.54, 1.807) is 45.2 Å². The zero-order chi connectivity index (χ0) is 18.7. The standard InChI is InChI=1S/C17H26N4O4/c1-17(2,3)25-16(24)21-12-8-14(22)19-10-6-11-20-15(23)13-7-4-5-9-18-13/h4-5,7,9H,6,8,10-12H2,1-3H3,(H,19,22)(H,20,23)(H,21,24). The van der Waals surface area contributed by atoms with Crippen molar-refractivity contribution in [3.05, 3.63) is 30.1 Å². The molecule has 0 aromatic carbocycles. The van der Waals surface area contributed by atoms with Crippen LogP contribution in [0.25, 0.3) is 0 Å². The molecule has 1 rings (SSSR count). The second-order valence-corrected chi connectivity index (χ2v) is 6.35. The zero-order valence-electron chi connectivity index (χ0n) is 14.9. The van der Waals surface area contributed by atoms with E-state index in [2.05, 4.69) is 20.9 Å². The van der Waals surface area contributed by atoms with E-state index < -0.39 is 11.7 Å². The van der Waals surface area contributed by atoms with Crippen molar-refractivity contribution in [3.8, 4) is 0 Å². The Morgan fingerprint density at radius 3 is 2.40 bits per heavy atom. The monoisotopic (exact) mass is 350 g/mol. The topological polar surface area (TPSA) is 109 Å². The molecular weight excluding hydrogens is 324 g/mol. The third-order valence-electron chi connectivity index (χ3n) is 2.88. The number of hydrogen-bond donors (Lipinski definition) is 3. The molecule has 0 aliphatic carbocycles. The Kier molecular flexibility index (Phi) is 8.38. The summed E-state index contributed by atoms with van der Waals surface area (Å²) in [6, 6.07) is 5.12. The van der Waals surface area contributed by atoms with E-state index in [1.807, 2.05) is 0 Å². The summed E-state index contributed by atoms with van der Waals surface area (Å²) in [4.78, 5) is 38.7. The second-order valence-electron chi connectivity index (χ2n) is 6.35. The van der Waals surface area contributed by atoms with E-state index in [9.17, 15) is 14.4 Å². The van der Waals surface area contributed by atoms with Crippen LogP contribution in [0.2, 0.25) is 0 Å². The van der Waals surface area contributed by atoms with Gasteiger partial charge in [0.2, 0.25) is 5.91 Å². The van der Waals surface area contributed by atoms with Crippen molar-refractivity contribution in [1.82, 2.24) is 20.9 Å². The normalized spacial score (nSPS) is 10.7. The maximum absolute atomic E-state index is 11.7. The number of alkyl carbamates (subject to hydrolysis) is 1. The highest BCUT2D eigenvalue weighted by molar-refractivity contribution is 5.92. The lowest BCUT2D eigenvalue weighted by Crippen LogP contribution is -2.35. The van der Waals surface area contributed by atoms with Crippen molar-refractivity contribution < 1.29 is 19.1 Å².